The monoisotopic (exact) mass is 182 g/mol. The van der Waals surface area contributed by atoms with Crippen LogP contribution in [-0.2, 0) is 12.8 Å². The third-order valence-electron chi connectivity index (χ3n) is 2.58. The third kappa shape index (κ3) is 1.45. The van der Waals surface area contributed by atoms with Gasteiger partial charge in [0, 0.05) is 0 Å². The van der Waals surface area contributed by atoms with Crippen molar-refractivity contribution in [3.05, 3.63) is 34.9 Å². The van der Waals surface area contributed by atoms with Gasteiger partial charge in [-0.15, -0.1) is 0 Å². The molecule has 0 radical (unpaired) electrons. The van der Waals surface area contributed by atoms with Crippen LogP contribution in [0.3, 0.4) is 0 Å². The molecule has 2 heteroatoms. The van der Waals surface area contributed by atoms with E-state index in [-0.39, 0.29) is 5.41 Å². The quantitative estimate of drug-likeness (QED) is 0.578. The van der Waals surface area contributed by atoms with Crippen LogP contribution in [0.15, 0.2) is 12.1 Å². The molecule has 0 fully saturated rings. The first kappa shape index (κ1) is 8.67. The molecule has 0 unspecified atom stereocenters. The molecule has 13 heavy (non-hydrogen) atoms. The Hall–Kier alpha value is -0.920. The highest BCUT2D eigenvalue weighted by molar-refractivity contribution is 5.34. The minimum absolute atomic E-state index is 0.155. The Morgan fingerprint density at radius 2 is 1.38 bits per heavy atom. The van der Waals surface area contributed by atoms with Crippen LogP contribution < -0.4 is 0 Å². The third-order valence-corrected chi connectivity index (χ3v) is 2.58. The highest BCUT2D eigenvalue weighted by Crippen LogP contribution is 2.36. The Kier molecular flexibility index (Phi) is 1.69. The summed E-state index contributed by atoms with van der Waals surface area (Å²) in [6, 6.07) is 2.67. The molecule has 0 aromatic heterocycles. The van der Waals surface area contributed by atoms with Crippen molar-refractivity contribution in [3.63, 3.8) is 0 Å². The van der Waals surface area contributed by atoms with Gasteiger partial charge < -0.3 is 0 Å². The van der Waals surface area contributed by atoms with Crippen molar-refractivity contribution < 1.29 is 8.78 Å². The Morgan fingerprint density at radius 3 is 1.77 bits per heavy atom. The van der Waals surface area contributed by atoms with Gasteiger partial charge in [0.1, 0.15) is 0 Å². The number of hydrogen-bond acceptors (Lipinski definition) is 0. The first-order chi connectivity index (χ1) is 5.98. The molecule has 0 N–H and O–H groups in total. The highest BCUT2D eigenvalue weighted by atomic mass is 19.2. The maximum absolute atomic E-state index is 12.9. The Bertz CT molecular complexity index is 320. The topological polar surface area (TPSA) is 0 Å². The van der Waals surface area contributed by atoms with Crippen molar-refractivity contribution in [2.45, 2.75) is 26.7 Å². The van der Waals surface area contributed by atoms with Crippen LogP contribution >= 0.6 is 0 Å². The molecule has 1 aromatic carbocycles. The second-order valence-corrected chi connectivity index (χ2v) is 4.55. The number of hydrogen-bond donors (Lipinski definition) is 0. The zero-order chi connectivity index (χ0) is 9.64. The number of halogens is 2. The summed E-state index contributed by atoms with van der Waals surface area (Å²) in [7, 11) is 0. The maximum Gasteiger partial charge on any atom is 0.159 e. The van der Waals surface area contributed by atoms with Gasteiger partial charge in [-0.2, -0.15) is 0 Å². The van der Waals surface area contributed by atoms with Crippen LogP contribution in [-0.4, -0.2) is 0 Å². The van der Waals surface area contributed by atoms with E-state index in [0.29, 0.717) is 0 Å². The molecule has 0 atom stereocenters. The first-order valence-corrected chi connectivity index (χ1v) is 4.45. The minimum Gasteiger partial charge on any atom is -0.204 e. The fourth-order valence-electron chi connectivity index (χ4n) is 2.05. The lowest BCUT2D eigenvalue weighted by atomic mass is 9.90. The summed E-state index contributed by atoms with van der Waals surface area (Å²) in [5.74, 6) is -1.45. The number of rotatable bonds is 0. The van der Waals surface area contributed by atoms with Crippen molar-refractivity contribution in [2.75, 3.05) is 0 Å². The molecule has 0 nitrogen and oxygen atoms in total. The number of benzene rings is 1. The van der Waals surface area contributed by atoms with E-state index in [2.05, 4.69) is 13.8 Å². The molecule has 0 heterocycles. The zero-order valence-electron chi connectivity index (χ0n) is 7.82. The summed E-state index contributed by atoms with van der Waals surface area (Å²) in [5, 5.41) is 0. The van der Waals surface area contributed by atoms with E-state index in [1.165, 1.54) is 12.1 Å². The van der Waals surface area contributed by atoms with Crippen LogP contribution in [0.25, 0.3) is 0 Å². The van der Waals surface area contributed by atoms with Gasteiger partial charge in [-0.05, 0) is 41.5 Å². The van der Waals surface area contributed by atoms with E-state index >= 15 is 0 Å². The Balaban J connectivity index is 2.48. The van der Waals surface area contributed by atoms with Gasteiger partial charge in [0.15, 0.2) is 11.6 Å². The molecule has 0 amide bonds. The molecule has 0 aliphatic heterocycles. The Labute approximate surface area is 76.6 Å². The first-order valence-electron chi connectivity index (χ1n) is 4.45. The van der Waals surface area contributed by atoms with E-state index in [1.807, 2.05) is 0 Å². The predicted octanol–water partition coefficient (Wildman–Crippen LogP) is 3.09. The van der Waals surface area contributed by atoms with Crippen molar-refractivity contribution in [3.8, 4) is 0 Å². The second-order valence-electron chi connectivity index (χ2n) is 4.55. The lowest BCUT2D eigenvalue weighted by Gasteiger charge is -2.14. The van der Waals surface area contributed by atoms with Crippen LogP contribution in [0.5, 0.6) is 0 Å². The van der Waals surface area contributed by atoms with Gasteiger partial charge in [0.05, 0.1) is 0 Å². The highest BCUT2D eigenvalue weighted by Gasteiger charge is 2.29. The molecule has 0 spiro atoms. The van der Waals surface area contributed by atoms with E-state index in [9.17, 15) is 8.78 Å². The fraction of sp³-hybridized carbons (Fsp3) is 0.455. The molecule has 0 saturated carbocycles. The van der Waals surface area contributed by atoms with Crippen molar-refractivity contribution >= 4 is 0 Å². The van der Waals surface area contributed by atoms with Gasteiger partial charge in [0.25, 0.3) is 0 Å². The van der Waals surface area contributed by atoms with Gasteiger partial charge in [-0.25, -0.2) is 8.78 Å². The summed E-state index contributed by atoms with van der Waals surface area (Å²) in [5.41, 5.74) is 2.08. The Morgan fingerprint density at radius 1 is 1.00 bits per heavy atom. The molecule has 1 aliphatic carbocycles. The van der Waals surface area contributed by atoms with E-state index in [4.69, 9.17) is 0 Å². The number of fused-ring (bicyclic) bond motifs is 1. The van der Waals surface area contributed by atoms with E-state index in [0.717, 1.165) is 24.0 Å². The van der Waals surface area contributed by atoms with Crippen LogP contribution in [0.2, 0.25) is 0 Å². The second kappa shape index (κ2) is 2.53. The van der Waals surface area contributed by atoms with Crippen LogP contribution in [0.4, 0.5) is 8.78 Å². The normalized spacial score (nSPS) is 18.8. The van der Waals surface area contributed by atoms with Crippen molar-refractivity contribution in [1.82, 2.24) is 0 Å². The molecule has 70 valence electrons. The summed E-state index contributed by atoms with van der Waals surface area (Å²) >= 11 is 0. The molecular weight excluding hydrogens is 170 g/mol. The summed E-state index contributed by atoms with van der Waals surface area (Å²) in [4.78, 5) is 0. The smallest absolute Gasteiger partial charge is 0.159 e. The summed E-state index contributed by atoms with van der Waals surface area (Å²) in [6.07, 6.45) is 1.69. The average Bonchev–Trinajstić information content (AvgIpc) is 2.24. The van der Waals surface area contributed by atoms with Gasteiger partial charge in [0.2, 0.25) is 0 Å². The average molecular weight is 182 g/mol. The minimum atomic E-state index is -0.726. The van der Waals surface area contributed by atoms with E-state index < -0.39 is 11.6 Å². The van der Waals surface area contributed by atoms with Gasteiger partial charge in [-0.1, -0.05) is 13.8 Å². The predicted molar refractivity (Wildman–Crippen MR) is 47.5 cm³/mol. The fourth-order valence-corrected chi connectivity index (χ4v) is 2.05. The van der Waals surface area contributed by atoms with Crippen LogP contribution in [0, 0.1) is 17.0 Å². The molecule has 0 bridgehead atoms. The largest absolute Gasteiger partial charge is 0.204 e. The summed E-state index contributed by atoms with van der Waals surface area (Å²) in [6.45, 7) is 4.23. The van der Waals surface area contributed by atoms with Crippen LogP contribution in [0.1, 0.15) is 25.0 Å². The summed E-state index contributed by atoms with van der Waals surface area (Å²) < 4.78 is 25.7. The molecular formula is C11H12F2. The lowest BCUT2D eigenvalue weighted by Crippen LogP contribution is -2.09. The standard InChI is InChI=1S/C11H12F2/c1-11(2)5-7-3-9(12)10(13)4-8(7)6-11/h3-4H,5-6H2,1-2H3. The zero-order valence-corrected chi connectivity index (χ0v) is 7.82. The molecule has 2 rings (SSSR count). The molecule has 1 aromatic rings. The van der Waals surface area contributed by atoms with Gasteiger partial charge in [-0.3, -0.25) is 0 Å². The molecule has 1 aliphatic rings. The SMILES string of the molecule is CC1(C)Cc2cc(F)c(F)cc2C1. The van der Waals surface area contributed by atoms with Gasteiger partial charge >= 0.3 is 0 Å². The lowest BCUT2D eigenvalue weighted by molar-refractivity contribution is 0.392. The van der Waals surface area contributed by atoms with Crippen molar-refractivity contribution in [2.24, 2.45) is 5.41 Å². The molecule has 0 saturated heterocycles. The van der Waals surface area contributed by atoms with E-state index in [1.54, 1.807) is 0 Å². The van der Waals surface area contributed by atoms with Crippen molar-refractivity contribution in [1.29, 1.82) is 0 Å². The maximum atomic E-state index is 12.9.